The summed E-state index contributed by atoms with van der Waals surface area (Å²) in [5.74, 6) is -0.0869. The minimum absolute atomic E-state index is 0.0869. The zero-order valence-corrected chi connectivity index (χ0v) is 12.1. The molecule has 1 aromatic rings. The Morgan fingerprint density at radius 2 is 2.25 bits per heavy atom. The van der Waals surface area contributed by atoms with Crippen LogP contribution in [0.25, 0.3) is 0 Å². The Bertz CT molecular complexity index is 484. The van der Waals surface area contributed by atoms with Gasteiger partial charge in [-0.15, -0.1) is 0 Å². The first-order valence-electron chi connectivity index (χ1n) is 7.21. The van der Waals surface area contributed by atoms with Crippen molar-refractivity contribution in [3.05, 3.63) is 34.4 Å². The summed E-state index contributed by atoms with van der Waals surface area (Å²) in [4.78, 5) is 25.3. The van der Waals surface area contributed by atoms with E-state index in [-0.39, 0.29) is 11.9 Å². The van der Waals surface area contributed by atoms with E-state index in [0.29, 0.717) is 18.2 Å². The smallest absolute Gasteiger partial charge is 0.335 e. The lowest BCUT2D eigenvalue weighted by atomic mass is 10.0. The van der Waals surface area contributed by atoms with Crippen molar-refractivity contribution in [3.63, 3.8) is 0 Å². The fourth-order valence-corrected chi connectivity index (χ4v) is 2.49. The van der Waals surface area contributed by atoms with Crippen LogP contribution >= 0.6 is 0 Å². The number of carbonyl (C=O) groups excluding carboxylic acids is 1. The Morgan fingerprint density at radius 1 is 1.45 bits per heavy atom. The number of hydrogen-bond donors (Lipinski definition) is 1. The molecule has 5 heteroatoms. The summed E-state index contributed by atoms with van der Waals surface area (Å²) in [7, 11) is 0. The van der Waals surface area contributed by atoms with Crippen molar-refractivity contribution in [2.45, 2.75) is 45.2 Å². The van der Waals surface area contributed by atoms with E-state index in [0.717, 1.165) is 13.0 Å². The number of hydrogen-bond acceptors (Lipinski definition) is 4. The second kappa shape index (κ2) is 6.70. The van der Waals surface area contributed by atoms with Gasteiger partial charge in [-0.3, -0.25) is 4.79 Å². The maximum atomic E-state index is 12.5. The molecule has 0 aromatic carbocycles. The molecule has 1 unspecified atom stereocenters. The molecule has 1 aliphatic rings. The highest BCUT2D eigenvalue weighted by atomic mass is 16.4. The molecule has 0 spiro atoms. The van der Waals surface area contributed by atoms with E-state index >= 15 is 0 Å². The van der Waals surface area contributed by atoms with Crippen LogP contribution in [0.3, 0.4) is 0 Å². The van der Waals surface area contributed by atoms with Gasteiger partial charge in [0.25, 0.3) is 5.91 Å². The van der Waals surface area contributed by atoms with E-state index < -0.39 is 5.63 Å². The minimum Gasteiger partial charge on any atom is -0.430 e. The van der Waals surface area contributed by atoms with Crippen LogP contribution in [0.15, 0.2) is 27.6 Å². The molecule has 1 saturated heterocycles. The fraction of sp³-hybridized carbons (Fsp3) is 0.600. The van der Waals surface area contributed by atoms with Crippen LogP contribution in [0.4, 0.5) is 0 Å². The van der Waals surface area contributed by atoms with Crippen LogP contribution in [-0.2, 0) is 0 Å². The van der Waals surface area contributed by atoms with Gasteiger partial charge in [0.2, 0.25) is 0 Å². The predicted molar refractivity (Wildman–Crippen MR) is 76.8 cm³/mol. The van der Waals surface area contributed by atoms with Gasteiger partial charge in [-0.1, -0.05) is 6.42 Å². The third-order valence-electron chi connectivity index (χ3n) is 3.66. The average Bonchev–Trinajstić information content (AvgIpc) is 2.45. The fourth-order valence-electron chi connectivity index (χ4n) is 2.49. The molecule has 1 atom stereocenters. The summed E-state index contributed by atoms with van der Waals surface area (Å²) in [6, 6.07) is 3.27. The number of rotatable bonds is 4. The SMILES string of the molecule is CC(C)N(CC1CCCCN1)C(=O)c1ccc(=O)oc1. The maximum absolute atomic E-state index is 12.5. The van der Waals surface area contributed by atoms with Gasteiger partial charge in [0.05, 0.1) is 5.56 Å². The lowest BCUT2D eigenvalue weighted by Crippen LogP contribution is -2.48. The Kier molecular flexibility index (Phi) is 4.95. The highest BCUT2D eigenvalue weighted by Gasteiger charge is 2.24. The molecule has 1 fully saturated rings. The summed E-state index contributed by atoms with van der Waals surface area (Å²) in [5.41, 5.74) is -0.0132. The van der Waals surface area contributed by atoms with Crippen LogP contribution in [0.1, 0.15) is 43.5 Å². The molecule has 0 bridgehead atoms. The Labute approximate surface area is 119 Å². The van der Waals surface area contributed by atoms with Crippen LogP contribution in [-0.4, -0.2) is 36.0 Å². The first kappa shape index (κ1) is 14.8. The van der Waals surface area contributed by atoms with Crippen LogP contribution < -0.4 is 10.9 Å². The summed E-state index contributed by atoms with van der Waals surface area (Å²) in [5, 5.41) is 3.45. The average molecular weight is 278 g/mol. The molecule has 0 aliphatic carbocycles. The number of amides is 1. The second-order valence-electron chi connectivity index (χ2n) is 5.54. The maximum Gasteiger partial charge on any atom is 0.335 e. The zero-order valence-electron chi connectivity index (χ0n) is 12.1. The Morgan fingerprint density at radius 3 is 2.80 bits per heavy atom. The largest absolute Gasteiger partial charge is 0.430 e. The molecule has 1 N–H and O–H groups in total. The standard InChI is InChI=1S/C15H22N2O3/c1-11(2)17(9-13-5-3-4-8-16-13)15(19)12-6-7-14(18)20-10-12/h6-7,10-11,13,16H,3-5,8-9H2,1-2H3. The lowest BCUT2D eigenvalue weighted by Gasteiger charge is -2.33. The van der Waals surface area contributed by atoms with E-state index in [4.69, 9.17) is 4.42 Å². The normalized spacial score (nSPS) is 19.1. The summed E-state index contributed by atoms with van der Waals surface area (Å²) < 4.78 is 4.78. The molecule has 5 nitrogen and oxygen atoms in total. The molecule has 1 aromatic heterocycles. The highest BCUT2D eigenvalue weighted by Crippen LogP contribution is 2.13. The Hall–Kier alpha value is -1.62. The predicted octanol–water partition coefficient (Wildman–Crippen LogP) is 1.63. The van der Waals surface area contributed by atoms with Crippen molar-refractivity contribution in [2.24, 2.45) is 0 Å². The summed E-state index contributed by atoms with van der Waals surface area (Å²) >= 11 is 0. The quantitative estimate of drug-likeness (QED) is 0.909. The van der Waals surface area contributed by atoms with Gasteiger partial charge in [0, 0.05) is 24.7 Å². The summed E-state index contributed by atoms with van der Waals surface area (Å²) in [6.07, 6.45) is 4.75. The van der Waals surface area contributed by atoms with Gasteiger partial charge in [-0.05, 0) is 39.3 Å². The lowest BCUT2D eigenvalue weighted by molar-refractivity contribution is 0.0674. The van der Waals surface area contributed by atoms with Crippen LogP contribution in [0.5, 0.6) is 0 Å². The van der Waals surface area contributed by atoms with Gasteiger partial charge in [-0.25, -0.2) is 4.79 Å². The Balaban J connectivity index is 2.08. The molecule has 2 heterocycles. The van der Waals surface area contributed by atoms with Crippen molar-refractivity contribution in [1.29, 1.82) is 0 Å². The van der Waals surface area contributed by atoms with Gasteiger partial charge < -0.3 is 14.6 Å². The van der Waals surface area contributed by atoms with E-state index in [9.17, 15) is 9.59 Å². The zero-order chi connectivity index (χ0) is 14.5. The van der Waals surface area contributed by atoms with E-state index in [2.05, 4.69) is 5.32 Å². The van der Waals surface area contributed by atoms with Crippen molar-refractivity contribution in [3.8, 4) is 0 Å². The number of carbonyl (C=O) groups is 1. The topological polar surface area (TPSA) is 62.6 Å². The molecule has 0 saturated carbocycles. The van der Waals surface area contributed by atoms with Crippen molar-refractivity contribution in [2.75, 3.05) is 13.1 Å². The molecule has 2 rings (SSSR count). The minimum atomic E-state index is -0.438. The molecule has 20 heavy (non-hydrogen) atoms. The van der Waals surface area contributed by atoms with Crippen molar-refractivity contribution in [1.82, 2.24) is 10.2 Å². The van der Waals surface area contributed by atoms with Gasteiger partial charge in [0.15, 0.2) is 0 Å². The van der Waals surface area contributed by atoms with Gasteiger partial charge >= 0.3 is 5.63 Å². The molecular formula is C15H22N2O3. The molecule has 1 amide bonds. The first-order valence-corrected chi connectivity index (χ1v) is 7.21. The van der Waals surface area contributed by atoms with E-state index in [1.54, 1.807) is 0 Å². The highest BCUT2D eigenvalue weighted by molar-refractivity contribution is 5.93. The monoisotopic (exact) mass is 278 g/mol. The third kappa shape index (κ3) is 3.70. The third-order valence-corrected chi connectivity index (χ3v) is 3.66. The molecule has 1 aliphatic heterocycles. The number of nitrogens with one attached hydrogen (secondary N) is 1. The number of nitrogens with zero attached hydrogens (tertiary/aromatic N) is 1. The van der Waals surface area contributed by atoms with E-state index in [1.807, 2.05) is 18.7 Å². The van der Waals surface area contributed by atoms with Crippen molar-refractivity contribution < 1.29 is 9.21 Å². The van der Waals surface area contributed by atoms with Gasteiger partial charge in [-0.2, -0.15) is 0 Å². The van der Waals surface area contributed by atoms with Crippen molar-refractivity contribution >= 4 is 5.91 Å². The van der Waals surface area contributed by atoms with E-state index in [1.165, 1.54) is 31.2 Å². The number of piperidine rings is 1. The molecule has 0 radical (unpaired) electrons. The molecular weight excluding hydrogens is 256 g/mol. The van der Waals surface area contributed by atoms with Crippen LogP contribution in [0.2, 0.25) is 0 Å². The molecule has 110 valence electrons. The first-order chi connectivity index (χ1) is 9.58. The second-order valence-corrected chi connectivity index (χ2v) is 5.54. The van der Waals surface area contributed by atoms with Crippen LogP contribution in [0, 0.1) is 0 Å². The van der Waals surface area contributed by atoms with Gasteiger partial charge in [0.1, 0.15) is 6.26 Å². The summed E-state index contributed by atoms with van der Waals surface area (Å²) in [6.45, 7) is 5.71.